The Hall–Kier alpha value is -1.04. The Morgan fingerprint density at radius 1 is 1.36 bits per heavy atom. The summed E-state index contributed by atoms with van der Waals surface area (Å²) in [6, 6.07) is 7.94. The van der Waals surface area contributed by atoms with Gasteiger partial charge in [0.1, 0.15) is 5.75 Å². The summed E-state index contributed by atoms with van der Waals surface area (Å²) in [5, 5.41) is 6.91. The minimum Gasteiger partial charge on any atom is -0.496 e. The highest BCUT2D eigenvalue weighted by atomic mass is 127. The predicted octanol–water partition coefficient (Wildman–Crippen LogP) is 2.69. The van der Waals surface area contributed by atoms with E-state index in [-0.39, 0.29) is 0 Å². The molecular weight excluding hydrogens is 291 g/mol. The van der Waals surface area contributed by atoms with Gasteiger partial charge in [-0.15, -0.1) is 0 Å². The first-order chi connectivity index (χ1) is 6.81. The highest BCUT2D eigenvalue weighted by Gasteiger charge is 2.04. The van der Waals surface area contributed by atoms with Gasteiger partial charge in [0.15, 0.2) is 0 Å². The second-order valence-electron chi connectivity index (χ2n) is 2.81. The lowest BCUT2D eigenvalue weighted by Gasteiger charge is -2.04. The minimum absolute atomic E-state index is 0.893. The predicted molar refractivity (Wildman–Crippen MR) is 63.3 cm³/mol. The van der Waals surface area contributed by atoms with E-state index >= 15 is 0 Å². The zero-order valence-electron chi connectivity index (χ0n) is 7.62. The van der Waals surface area contributed by atoms with Gasteiger partial charge in [-0.25, -0.2) is 0 Å². The summed E-state index contributed by atoms with van der Waals surface area (Å²) < 4.78 is 6.27. The van der Waals surface area contributed by atoms with Crippen LogP contribution in [0.4, 0.5) is 0 Å². The molecule has 3 nitrogen and oxygen atoms in total. The highest BCUT2D eigenvalue weighted by molar-refractivity contribution is 14.1. The molecule has 14 heavy (non-hydrogen) atoms. The molecule has 0 fully saturated rings. The Balaban J connectivity index is 2.43. The number of H-pyrrole nitrogens is 1. The summed E-state index contributed by atoms with van der Waals surface area (Å²) in [6.07, 6.45) is 1.81. The van der Waals surface area contributed by atoms with Crippen molar-refractivity contribution in [1.29, 1.82) is 0 Å². The molecule has 0 saturated heterocycles. The van der Waals surface area contributed by atoms with Crippen LogP contribution >= 0.6 is 22.6 Å². The highest BCUT2D eigenvalue weighted by Crippen LogP contribution is 2.26. The van der Waals surface area contributed by atoms with E-state index in [0.717, 1.165) is 20.6 Å². The Bertz CT molecular complexity index is 426. The lowest BCUT2D eigenvalue weighted by molar-refractivity contribution is 0.412. The SMILES string of the molecule is COc1ccc(-c2cc[nH]n2)cc1I. The van der Waals surface area contributed by atoms with Crippen LogP contribution in [-0.2, 0) is 0 Å². The third-order valence-corrected chi connectivity index (χ3v) is 2.79. The number of hydrogen-bond acceptors (Lipinski definition) is 2. The summed E-state index contributed by atoms with van der Waals surface area (Å²) in [7, 11) is 1.67. The van der Waals surface area contributed by atoms with Crippen LogP contribution in [-0.4, -0.2) is 17.3 Å². The van der Waals surface area contributed by atoms with E-state index < -0.39 is 0 Å². The van der Waals surface area contributed by atoms with Gasteiger partial charge in [0.2, 0.25) is 0 Å². The molecule has 1 aromatic carbocycles. The second kappa shape index (κ2) is 4.00. The maximum Gasteiger partial charge on any atom is 0.132 e. The molecule has 0 amide bonds. The summed E-state index contributed by atoms with van der Waals surface area (Å²) >= 11 is 2.25. The van der Waals surface area contributed by atoms with E-state index in [0.29, 0.717) is 0 Å². The van der Waals surface area contributed by atoms with Gasteiger partial charge in [0, 0.05) is 11.8 Å². The normalized spacial score (nSPS) is 10.1. The average Bonchev–Trinajstić information content (AvgIpc) is 2.70. The third kappa shape index (κ3) is 1.75. The fourth-order valence-corrected chi connectivity index (χ4v) is 1.98. The molecule has 2 aromatic rings. The molecule has 2 rings (SSSR count). The molecule has 0 aliphatic heterocycles. The first-order valence-corrected chi connectivity index (χ1v) is 5.23. The zero-order chi connectivity index (χ0) is 9.97. The monoisotopic (exact) mass is 300 g/mol. The number of aromatic amines is 1. The van der Waals surface area contributed by atoms with Crippen molar-refractivity contribution < 1.29 is 4.74 Å². The molecule has 0 spiro atoms. The molecule has 0 aliphatic rings. The van der Waals surface area contributed by atoms with Crippen molar-refractivity contribution in [2.24, 2.45) is 0 Å². The lowest BCUT2D eigenvalue weighted by atomic mass is 10.1. The van der Waals surface area contributed by atoms with Crippen LogP contribution in [0, 0.1) is 3.57 Å². The van der Waals surface area contributed by atoms with E-state index in [9.17, 15) is 0 Å². The van der Waals surface area contributed by atoms with Crippen molar-refractivity contribution in [1.82, 2.24) is 10.2 Å². The summed E-state index contributed by atoms with van der Waals surface area (Å²) in [4.78, 5) is 0. The van der Waals surface area contributed by atoms with Crippen LogP contribution in [0.5, 0.6) is 5.75 Å². The Labute approximate surface area is 95.6 Å². The largest absolute Gasteiger partial charge is 0.496 e. The van der Waals surface area contributed by atoms with E-state index in [2.05, 4.69) is 38.9 Å². The molecular formula is C10H9IN2O. The Morgan fingerprint density at radius 3 is 2.79 bits per heavy atom. The van der Waals surface area contributed by atoms with Gasteiger partial charge in [-0.2, -0.15) is 5.10 Å². The standard InChI is InChI=1S/C10H9IN2O/c1-14-10-3-2-7(6-8(10)11)9-4-5-12-13-9/h2-6H,1H3,(H,12,13). The topological polar surface area (TPSA) is 37.9 Å². The van der Waals surface area contributed by atoms with Gasteiger partial charge < -0.3 is 4.74 Å². The summed E-state index contributed by atoms with van der Waals surface area (Å²) in [6.45, 7) is 0. The fraction of sp³-hybridized carbons (Fsp3) is 0.100. The fourth-order valence-electron chi connectivity index (χ4n) is 1.25. The molecule has 0 atom stereocenters. The van der Waals surface area contributed by atoms with Gasteiger partial charge >= 0.3 is 0 Å². The molecule has 0 bridgehead atoms. The van der Waals surface area contributed by atoms with Gasteiger partial charge in [-0.3, -0.25) is 5.10 Å². The number of nitrogens with zero attached hydrogens (tertiary/aromatic N) is 1. The van der Waals surface area contributed by atoms with E-state index in [1.165, 1.54) is 0 Å². The van der Waals surface area contributed by atoms with Crippen molar-refractivity contribution in [2.75, 3.05) is 7.11 Å². The smallest absolute Gasteiger partial charge is 0.132 e. The van der Waals surface area contributed by atoms with E-state index in [1.807, 2.05) is 24.4 Å². The molecule has 0 unspecified atom stereocenters. The van der Waals surface area contributed by atoms with Crippen LogP contribution in [0.25, 0.3) is 11.3 Å². The number of nitrogens with one attached hydrogen (secondary N) is 1. The van der Waals surface area contributed by atoms with Crippen molar-refractivity contribution in [2.45, 2.75) is 0 Å². The van der Waals surface area contributed by atoms with Crippen molar-refractivity contribution >= 4 is 22.6 Å². The van der Waals surface area contributed by atoms with Crippen molar-refractivity contribution in [3.8, 4) is 17.0 Å². The number of ether oxygens (including phenoxy) is 1. The molecule has 1 aromatic heterocycles. The first-order valence-electron chi connectivity index (χ1n) is 4.15. The number of benzene rings is 1. The number of methoxy groups -OCH3 is 1. The first kappa shape index (κ1) is 9.51. The zero-order valence-corrected chi connectivity index (χ0v) is 9.78. The number of hydrogen-bond donors (Lipinski definition) is 1. The molecule has 0 saturated carbocycles. The van der Waals surface area contributed by atoms with Crippen LogP contribution in [0.2, 0.25) is 0 Å². The second-order valence-corrected chi connectivity index (χ2v) is 3.97. The van der Waals surface area contributed by atoms with Gasteiger partial charge in [-0.05, 0) is 46.9 Å². The number of aromatic nitrogens is 2. The van der Waals surface area contributed by atoms with Crippen LogP contribution in [0.1, 0.15) is 0 Å². The van der Waals surface area contributed by atoms with E-state index in [1.54, 1.807) is 7.11 Å². The number of halogens is 1. The van der Waals surface area contributed by atoms with Crippen molar-refractivity contribution in [3.63, 3.8) is 0 Å². The third-order valence-electron chi connectivity index (χ3n) is 1.95. The summed E-state index contributed by atoms with van der Waals surface area (Å²) in [5.41, 5.74) is 2.04. The molecule has 72 valence electrons. The maximum atomic E-state index is 5.18. The Morgan fingerprint density at radius 2 is 2.21 bits per heavy atom. The molecule has 1 N–H and O–H groups in total. The van der Waals surface area contributed by atoms with Gasteiger partial charge in [0.05, 0.1) is 16.4 Å². The lowest BCUT2D eigenvalue weighted by Crippen LogP contribution is -1.87. The molecule has 4 heteroatoms. The van der Waals surface area contributed by atoms with Crippen LogP contribution in [0.15, 0.2) is 30.5 Å². The molecule has 1 heterocycles. The average molecular weight is 300 g/mol. The Kier molecular flexibility index (Phi) is 2.72. The summed E-state index contributed by atoms with van der Waals surface area (Å²) in [5.74, 6) is 0.893. The van der Waals surface area contributed by atoms with Gasteiger partial charge in [0.25, 0.3) is 0 Å². The molecule has 0 aliphatic carbocycles. The van der Waals surface area contributed by atoms with Gasteiger partial charge in [-0.1, -0.05) is 0 Å². The minimum atomic E-state index is 0.893. The quantitative estimate of drug-likeness (QED) is 0.866. The maximum absolute atomic E-state index is 5.18. The van der Waals surface area contributed by atoms with E-state index in [4.69, 9.17) is 4.74 Å². The number of rotatable bonds is 2. The van der Waals surface area contributed by atoms with Crippen molar-refractivity contribution in [3.05, 3.63) is 34.0 Å². The molecule has 0 radical (unpaired) electrons. The van der Waals surface area contributed by atoms with Crippen LogP contribution in [0.3, 0.4) is 0 Å². The van der Waals surface area contributed by atoms with Crippen LogP contribution < -0.4 is 4.74 Å².